The van der Waals surface area contributed by atoms with E-state index in [4.69, 9.17) is 4.74 Å². The molecular weight excluding hydrogens is 522 g/mol. The van der Waals surface area contributed by atoms with E-state index in [1.165, 1.54) is 42.5 Å². The Morgan fingerprint density at radius 1 is 1.00 bits per heavy atom. The number of benzene rings is 3. The monoisotopic (exact) mass is 540 g/mol. The molecule has 9 heteroatoms. The van der Waals surface area contributed by atoms with E-state index in [2.05, 4.69) is 32.6 Å². The molecule has 3 aromatic rings. The van der Waals surface area contributed by atoms with Crippen LogP contribution in [0.15, 0.2) is 71.6 Å². The number of carbonyl (C=O) groups excluding carboxylic acids is 1. The van der Waals surface area contributed by atoms with E-state index in [1.54, 1.807) is 19.1 Å². The van der Waals surface area contributed by atoms with E-state index < -0.39 is 15.8 Å². The van der Waals surface area contributed by atoms with Crippen LogP contribution in [0.2, 0.25) is 0 Å². The fourth-order valence-corrected chi connectivity index (χ4v) is 4.06. The van der Waals surface area contributed by atoms with Crippen molar-refractivity contribution in [1.82, 2.24) is 0 Å². The molecule has 0 aliphatic rings. The van der Waals surface area contributed by atoms with Gasteiger partial charge >= 0.3 is 0 Å². The maximum absolute atomic E-state index is 13.0. The van der Waals surface area contributed by atoms with Gasteiger partial charge in [0.15, 0.2) is 6.61 Å². The zero-order valence-electron chi connectivity index (χ0n) is 15.9. The molecule has 0 atom stereocenters. The number of hydrogen-bond acceptors (Lipinski definition) is 4. The van der Waals surface area contributed by atoms with Crippen LogP contribution in [0.25, 0.3) is 0 Å². The van der Waals surface area contributed by atoms with Crippen LogP contribution in [0.5, 0.6) is 5.75 Å². The van der Waals surface area contributed by atoms with Crippen molar-refractivity contribution in [2.75, 3.05) is 16.6 Å². The Morgan fingerprint density at radius 3 is 2.27 bits per heavy atom. The van der Waals surface area contributed by atoms with Gasteiger partial charge in [-0.25, -0.2) is 12.8 Å². The molecule has 30 heavy (non-hydrogen) atoms. The van der Waals surface area contributed by atoms with E-state index in [9.17, 15) is 17.6 Å². The minimum atomic E-state index is -3.85. The molecule has 0 radical (unpaired) electrons. The molecule has 0 fully saturated rings. The number of rotatable bonds is 7. The van der Waals surface area contributed by atoms with Crippen LogP contribution in [0, 0.1) is 16.3 Å². The van der Waals surface area contributed by atoms with Crippen LogP contribution in [0.4, 0.5) is 15.8 Å². The second-order valence-corrected chi connectivity index (χ2v) is 9.31. The lowest BCUT2D eigenvalue weighted by molar-refractivity contribution is -0.118. The first-order valence-electron chi connectivity index (χ1n) is 8.80. The summed E-state index contributed by atoms with van der Waals surface area (Å²) in [6.07, 6.45) is 0. The highest BCUT2D eigenvalue weighted by Crippen LogP contribution is 2.24. The lowest BCUT2D eigenvalue weighted by Gasteiger charge is -2.12. The summed E-state index contributed by atoms with van der Waals surface area (Å²) >= 11 is 2.17. The number of amides is 1. The van der Waals surface area contributed by atoms with Crippen molar-refractivity contribution < 1.29 is 22.3 Å². The van der Waals surface area contributed by atoms with Crippen molar-refractivity contribution in [1.29, 1.82) is 0 Å². The Balaban J connectivity index is 1.63. The van der Waals surface area contributed by atoms with Gasteiger partial charge in [-0.1, -0.05) is 0 Å². The molecule has 0 saturated carbocycles. The molecule has 0 aliphatic heterocycles. The summed E-state index contributed by atoms with van der Waals surface area (Å²) in [7, 11) is -3.85. The van der Waals surface area contributed by atoms with Gasteiger partial charge < -0.3 is 10.1 Å². The predicted molar refractivity (Wildman–Crippen MR) is 122 cm³/mol. The number of aryl methyl sites for hydroxylation is 1. The molecule has 0 spiro atoms. The van der Waals surface area contributed by atoms with Crippen molar-refractivity contribution in [2.45, 2.75) is 11.8 Å². The SMILES string of the molecule is Cc1cc(S(=O)(=O)Nc2ccc(F)cc2)ccc1OCC(=O)Nc1ccc(I)cc1. The first-order valence-corrected chi connectivity index (χ1v) is 11.4. The Hall–Kier alpha value is -2.66. The molecule has 0 aliphatic carbocycles. The van der Waals surface area contributed by atoms with Crippen molar-refractivity contribution >= 4 is 49.9 Å². The third kappa shape index (κ3) is 5.92. The topological polar surface area (TPSA) is 84.5 Å². The number of anilines is 2. The number of ether oxygens (including phenoxy) is 1. The molecule has 2 N–H and O–H groups in total. The van der Waals surface area contributed by atoms with Crippen LogP contribution in [0.1, 0.15) is 5.56 Å². The lowest BCUT2D eigenvalue weighted by Crippen LogP contribution is -2.20. The summed E-state index contributed by atoms with van der Waals surface area (Å²) in [4.78, 5) is 12.1. The van der Waals surface area contributed by atoms with Gasteiger partial charge in [-0.15, -0.1) is 0 Å². The summed E-state index contributed by atoms with van der Waals surface area (Å²) in [6, 6.07) is 16.7. The Bertz CT molecular complexity index is 1150. The second-order valence-electron chi connectivity index (χ2n) is 6.38. The molecule has 6 nitrogen and oxygen atoms in total. The molecule has 156 valence electrons. The number of nitrogens with one attached hydrogen (secondary N) is 2. The first kappa shape index (κ1) is 22.0. The molecule has 3 aromatic carbocycles. The van der Waals surface area contributed by atoms with Gasteiger partial charge in [-0.05, 0) is 102 Å². The number of hydrogen-bond donors (Lipinski definition) is 2. The van der Waals surface area contributed by atoms with Crippen LogP contribution < -0.4 is 14.8 Å². The summed E-state index contributed by atoms with van der Waals surface area (Å²) in [5.74, 6) is -0.389. The molecule has 0 aromatic heterocycles. The minimum Gasteiger partial charge on any atom is -0.483 e. The molecule has 0 unspecified atom stereocenters. The lowest BCUT2D eigenvalue weighted by atomic mass is 10.2. The fraction of sp³-hybridized carbons (Fsp3) is 0.0952. The highest BCUT2D eigenvalue weighted by molar-refractivity contribution is 14.1. The number of halogens is 2. The van der Waals surface area contributed by atoms with Gasteiger partial charge in [0.25, 0.3) is 15.9 Å². The number of carbonyl (C=O) groups is 1. The first-order chi connectivity index (χ1) is 14.2. The average molecular weight is 540 g/mol. The molecular formula is C21H18FIN2O4S. The third-order valence-electron chi connectivity index (χ3n) is 4.04. The van der Waals surface area contributed by atoms with E-state index in [0.29, 0.717) is 17.0 Å². The molecule has 0 heterocycles. The van der Waals surface area contributed by atoms with Crippen molar-refractivity contribution in [3.05, 3.63) is 81.7 Å². The predicted octanol–water partition coefficient (Wildman–Crippen LogP) is 4.56. The summed E-state index contributed by atoms with van der Waals surface area (Å²) in [5.41, 5.74) is 1.47. The molecule has 0 bridgehead atoms. The molecule has 1 amide bonds. The standard InChI is InChI=1S/C21H18FIN2O4S/c1-14-12-19(30(27,28)25-18-6-2-15(22)3-7-18)10-11-20(14)29-13-21(26)24-17-8-4-16(23)5-9-17/h2-12,25H,13H2,1H3,(H,24,26). The van der Waals surface area contributed by atoms with Gasteiger partial charge in [0.05, 0.1) is 4.90 Å². The normalized spacial score (nSPS) is 11.0. The zero-order valence-corrected chi connectivity index (χ0v) is 18.8. The van der Waals surface area contributed by atoms with Gasteiger partial charge in [0.1, 0.15) is 11.6 Å². The third-order valence-corrected chi connectivity index (χ3v) is 6.14. The van der Waals surface area contributed by atoms with E-state index in [1.807, 2.05) is 12.1 Å². The van der Waals surface area contributed by atoms with Crippen LogP contribution in [-0.2, 0) is 14.8 Å². The summed E-state index contributed by atoms with van der Waals surface area (Å²) in [6.45, 7) is 1.47. The summed E-state index contributed by atoms with van der Waals surface area (Å²) < 4.78 is 47.0. The molecule has 3 rings (SSSR count). The fourth-order valence-electron chi connectivity index (χ4n) is 2.56. The van der Waals surface area contributed by atoms with E-state index in [-0.39, 0.29) is 23.1 Å². The van der Waals surface area contributed by atoms with Gasteiger partial charge in [0, 0.05) is 14.9 Å². The van der Waals surface area contributed by atoms with Crippen LogP contribution in [-0.4, -0.2) is 20.9 Å². The second kappa shape index (κ2) is 9.43. The highest BCUT2D eigenvalue weighted by atomic mass is 127. The Kier molecular flexibility index (Phi) is 6.93. The largest absolute Gasteiger partial charge is 0.483 e. The van der Waals surface area contributed by atoms with E-state index >= 15 is 0 Å². The van der Waals surface area contributed by atoms with Gasteiger partial charge in [0.2, 0.25) is 0 Å². The average Bonchev–Trinajstić information content (AvgIpc) is 2.70. The van der Waals surface area contributed by atoms with Crippen molar-refractivity contribution in [3.63, 3.8) is 0 Å². The number of sulfonamides is 1. The van der Waals surface area contributed by atoms with Gasteiger partial charge in [-0.3, -0.25) is 9.52 Å². The van der Waals surface area contributed by atoms with Crippen LogP contribution in [0.3, 0.4) is 0 Å². The van der Waals surface area contributed by atoms with Crippen molar-refractivity contribution in [2.24, 2.45) is 0 Å². The highest BCUT2D eigenvalue weighted by Gasteiger charge is 2.16. The zero-order chi connectivity index (χ0) is 21.7. The van der Waals surface area contributed by atoms with Gasteiger partial charge in [-0.2, -0.15) is 0 Å². The molecule has 0 saturated heterocycles. The Morgan fingerprint density at radius 2 is 1.63 bits per heavy atom. The minimum absolute atomic E-state index is 0.0278. The van der Waals surface area contributed by atoms with E-state index in [0.717, 1.165) is 3.57 Å². The Labute approximate surface area is 187 Å². The maximum atomic E-state index is 13.0. The maximum Gasteiger partial charge on any atom is 0.262 e. The quantitative estimate of drug-likeness (QED) is 0.431. The summed E-state index contributed by atoms with van der Waals surface area (Å²) in [5, 5.41) is 2.73. The van der Waals surface area contributed by atoms with Crippen LogP contribution >= 0.6 is 22.6 Å². The smallest absolute Gasteiger partial charge is 0.262 e. The van der Waals surface area contributed by atoms with Crippen molar-refractivity contribution in [3.8, 4) is 5.75 Å².